The molecular formula is C24H22O2. The van der Waals surface area contributed by atoms with Crippen molar-refractivity contribution in [1.29, 1.82) is 0 Å². The quantitative estimate of drug-likeness (QED) is 0.474. The summed E-state index contributed by atoms with van der Waals surface area (Å²) < 4.78 is 0. The Balaban J connectivity index is 2.04. The van der Waals surface area contributed by atoms with E-state index in [0.29, 0.717) is 0 Å². The second-order valence-corrected chi connectivity index (χ2v) is 7.59. The molecule has 0 heterocycles. The molecule has 2 nitrogen and oxygen atoms in total. The van der Waals surface area contributed by atoms with E-state index in [-0.39, 0.29) is 0 Å². The van der Waals surface area contributed by atoms with Gasteiger partial charge in [0.1, 0.15) is 11.2 Å². The fraction of sp³-hybridized carbons (Fsp3) is 0.250. The summed E-state index contributed by atoms with van der Waals surface area (Å²) in [5.41, 5.74) is -0.240. The highest BCUT2D eigenvalue weighted by molar-refractivity contribution is 5.99. The van der Waals surface area contributed by atoms with Crippen LogP contribution in [0.2, 0.25) is 0 Å². The van der Waals surface area contributed by atoms with E-state index in [1.54, 1.807) is 27.7 Å². The number of fused-ring (bicyclic) bond motifs is 2. The molecule has 0 radical (unpaired) electrons. The van der Waals surface area contributed by atoms with Gasteiger partial charge in [0.15, 0.2) is 0 Å². The van der Waals surface area contributed by atoms with Crippen molar-refractivity contribution in [2.45, 2.75) is 38.9 Å². The average Bonchev–Trinajstić information content (AvgIpc) is 2.54. The molecular weight excluding hydrogens is 320 g/mol. The number of benzene rings is 3. The lowest BCUT2D eigenvalue weighted by Crippen LogP contribution is -2.14. The molecule has 26 heavy (non-hydrogen) atoms. The number of aliphatic hydroxyl groups is 2. The van der Waals surface area contributed by atoms with E-state index >= 15 is 0 Å². The molecule has 3 aromatic rings. The molecule has 3 rings (SSSR count). The lowest BCUT2D eigenvalue weighted by Gasteiger charge is -2.07. The Bertz CT molecular complexity index is 1010. The number of hydrogen-bond acceptors (Lipinski definition) is 2. The fourth-order valence-corrected chi connectivity index (χ4v) is 2.60. The minimum absolute atomic E-state index is 0.881. The van der Waals surface area contributed by atoms with Crippen molar-refractivity contribution in [3.63, 3.8) is 0 Å². The number of hydrogen-bond donors (Lipinski definition) is 2. The maximum absolute atomic E-state index is 9.75. The Kier molecular flexibility index (Phi) is 4.51. The summed E-state index contributed by atoms with van der Waals surface area (Å²) in [5, 5.41) is 24.0. The van der Waals surface area contributed by atoms with Crippen LogP contribution in [0.15, 0.2) is 48.5 Å². The van der Waals surface area contributed by atoms with E-state index in [1.165, 1.54) is 0 Å². The van der Waals surface area contributed by atoms with Crippen molar-refractivity contribution in [2.75, 3.05) is 0 Å². The van der Waals surface area contributed by atoms with Gasteiger partial charge < -0.3 is 10.2 Å². The Labute approximate surface area is 154 Å². The zero-order valence-electron chi connectivity index (χ0n) is 15.5. The molecule has 0 saturated carbocycles. The highest BCUT2D eigenvalue weighted by atomic mass is 16.3. The molecule has 130 valence electrons. The van der Waals surface area contributed by atoms with Gasteiger partial charge in [-0.05, 0) is 85.6 Å². The summed E-state index contributed by atoms with van der Waals surface area (Å²) in [6.07, 6.45) is 0. The van der Waals surface area contributed by atoms with E-state index < -0.39 is 11.2 Å². The molecule has 0 saturated heterocycles. The summed E-state index contributed by atoms with van der Waals surface area (Å²) in [6.45, 7) is 6.69. The predicted molar refractivity (Wildman–Crippen MR) is 108 cm³/mol. The average molecular weight is 342 g/mol. The zero-order chi connectivity index (χ0) is 18.9. The van der Waals surface area contributed by atoms with Gasteiger partial charge in [0.2, 0.25) is 0 Å². The predicted octanol–water partition coefficient (Wildman–Crippen LogP) is 4.24. The van der Waals surface area contributed by atoms with Crippen LogP contribution in [0.1, 0.15) is 38.8 Å². The third-order valence-electron chi connectivity index (χ3n) is 3.82. The van der Waals surface area contributed by atoms with Crippen molar-refractivity contribution in [3.8, 4) is 23.7 Å². The molecule has 2 heteroatoms. The Morgan fingerprint density at radius 3 is 1.31 bits per heavy atom. The maximum Gasteiger partial charge on any atom is 0.120 e. The van der Waals surface area contributed by atoms with Crippen molar-refractivity contribution >= 4 is 21.5 Å². The van der Waals surface area contributed by atoms with Crippen LogP contribution in [0.25, 0.3) is 21.5 Å². The monoisotopic (exact) mass is 342 g/mol. The molecule has 0 aliphatic heterocycles. The van der Waals surface area contributed by atoms with Crippen LogP contribution < -0.4 is 0 Å². The third kappa shape index (κ3) is 4.64. The first-order chi connectivity index (χ1) is 12.1. The van der Waals surface area contributed by atoms with Gasteiger partial charge >= 0.3 is 0 Å². The molecule has 0 aromatic heterocycles. The van der Waals surface area contributed by atoms with Crippen molar-refractivity contribution in [3.05, 3.63) is 59.7 Å². The molecule has 3 aromatic carbocycles. The van der Waals surface area contributed by atoms with Crippen LogP contribution in [0, 0.1) is 23.7 Å². The van der Waals surface area contributed by atoms with Gasteiger partial charge in [0.05, 0.1) is 0 Å². The highest BCUT2D eigenvalue weighted by Gasteiger charge is 2.07. The normalized spacial score (nSPS) is 11.6. The summed E-state index contributed by atoms with van der Waals surface area (Å²) in [5.74, 6) is 11.7. The van der Waals surface area contributed by atoms with Gasteiger partial charge in [-0.3, -0.25) is 0 Å². The van der Waals surface area contributed by atoms with Crippen LogP contribution >= 0.6 is 0 Å². The fourth-order valence-electron chi connectivity index (χ4n) is 2.60. The molecule has 0 aliphatic rings. The largest absolute Gasteiger partial charge is 0.378 e. The summed E-state index contributed by atoms with van der Waals surface area (Å²) >= 11 is 0. The van der Waals surface area contributed by atoms with Crippen LogP contribution in [0.3, 0.4) is 0 Å². The van der Waals surface area contributed by atoms with Crippen LogP contribution in [0.5, 0.6) is 0 Å². The lowest BCUT2D eigenvalue weighted by molar-refractivity contribution is 0.143. The standard InChI is InChI=1S/C24H22O2/c1-23(2,25)11-9-17-5-7-19-16-22-14-18(10-12-24(3,4)26)6-8-20(22)15-21(19)13-17/h5-8,13-16,25-26H,1-4H3. The van der Waals surface area contributed by atoms with Gasteiger partial charge in [-0.2, -0.15) is 0 Å². The van der Waals surface area contributed by atoms with Gasteiger partial charge in [0, 0.05) is 11.1 Å². The van der Waals surface area contributed by atoms with E-state index in [0.717, 1.165) is 32.7 Å². The van der Waals surface area contributed by atoms with Crippen molar-refractivity contribution in [1.82, 2.24) is 0 Å². The van der Waals surface area contributed by atoms with Crippen LogP contribution in [-0.4, -0.2) is 21.4 Å². The molecule has 0 atom stereocenters. The molecule has 0 unspecified atom stereocenters. The smallest absolute Gasteiger partial charge is 0.120 e. The Morgan fingerprint density at radius 2 is 0.962 bits per heavy atom. The maximum atomic E-state index is 9.75. The molecule has 0 bridgehead atoms. The van der Waals surface area contributed by atoms with E-state index in [2.05, 4.69) is 35.8 Å². The third-order valence-corrected chi connectivity index (χ3v) is 3.82. The Hall–Kier alpha value is -2.78. The summed E-state index contributed by atoms with van der Waals surface area (Å²) in [6, 6.07) is 16.3. The van der Waals surface area contributed by atoms with Crippen LogP contribution in [-0.2, 0) is 0 Å². The molecule has 0 aliphatic carbocycles. The molecule has 0 amide bonds. The molecule has 0 spiro atoms. The minimum atomic E-state index is -1.00. The van der Waals surface area contributed by atoms with Gasteiger partial charge in [-0.15, -0.1) is 0 Å². The summed E-state index contributed by atoms with van der Waals surface area (Å²) in [7, 11) is 0. The van der Waals surface area contributed by atoms with Crippen molar-refractivity contribution < 1.29 is 10.2 Å². The topological polar surface area (TPSA) is 40.5 Å². The SMILES string of the molecule is CC(C)(O)C#Cc1ccc2cc3cc(C#CC(C)(C)O)ccc3cc2c1. The second-order valence-electron chi connectivity index (χ2n) is 7.59. The lowest BCUT2D eigenvalue weighted by atomic mass is 9.99. The van der Waals surface area contributed by atoms with Crippen molar-refractivity contribution in [2.24, 2.45) is 0 Å². The number of rotatable bonds is 0. The molecule has 0 fully saturated rings. The first-order valence-electron chi connectivity index (χ1n) is 8.58. The van der Waals surface area contributed by atoms with Gasteiger partial charge in [0.25, 0.3) is 0 Å². The van der Waals surface area contributed by atoms with Crippen LogP contribution in [0.4, 0.5) is 0 Å². The highest BCUT2D eigenvalue weighted by Crippen LogP contribution is 2.24. The first-order valence-corrected chi connectivity index (χ1v) is 8.58. The molecule has 2 N–H and O–H groups in total. The summed E-state index contributed by atoms with van der Waals surface area (Å²) in [4.78, 5) is 0. The van der Waals surface area contributed by atoms with Gasteiger partial charge in [-0.1, -0.05) is 35.8 Å². The minimum Gasteiger partial charge on any atom is -0.378 e. The van der Waals surface area contributed by atoms with E-state index in [1.807, 2.05) is 36.4 Å². The second kappa shape index (κ2) is 6.50. The zero-order valence-corrected chi connectivity index (χ0v) is 15.5. The van der Waals surface area contributed by atoms with E-state index in [9.17, 15) is 10.2 Å². The van der Waals surface area contributed by atoms with Gasteiger partial charge in [-0.25, -0.2) is 0 Å². The Morgan fingerprint density at radius 1 is 0.577 bits per heavy atom. The van der Waals surface area contributed by atoms with E-state index in [4.69, 9.17) is 0 Å². The first kappa shape index (κ1) is 18.0.